The number of amides is 1. The Labute approximate surface area is 108 Å². The van der Waals surface area contributed by atoms with Crippen LogP contribution in [0.2, 0.25) is 0 Å². The summed E-state index contributed by atoms with van der Waals surface area (Å²) in [6, 6.07) is -0.204. The standard InChI is InChI=1S/C14H21NO3/c1-3-9-18-13(16)10-11(2)15-14(17)12-7-5-4-6-8-12/h1,11-12H,4-10H2,2H3,(H,15,17). The van der Waals surface area contributed by atoms with Crippen LogP contribution >= 0.6 is 0 Å². The second-order valence-electron chi connectivity index (χ2n) is 4.81. The number of hydrogen-bond donors (Lipinski definition) is 1. The van der Waals surface area contributed by atoms with Crippen molar-refractivity contribution in [2.75, 3.05) is 6.61 Å². The topological polar surface area (TPSA) is 55.4 Å². The summed E-state index contributed by atoms with van der Waals surface area (Å²) in [5.41, 5.74) is 0. The number of nitrogens with one attached hydrogen (secondary N) is 1. The van der Waals surface area contributed by atoms with Crippen molar-refractivity contribution in [1.29, 1.82) is 0 Å². The predicted molar refractivity (Wildman–Crippen MR) is 68.6 cm³/mol. The molecule has 0 spiro atoms. The Morgan fingerprint density at radius 3 is 2.67 bits per heavy atom. The molecule has 1 aliphatic rings. The molecule has 1 aliphatic carbocycles. The van der Waals surface area contributed by atoms with Gasteiger partial charge >= 0.3 is 5.97 Å². The average molecular weight is 251 g/mol. The molecule has 1 unspecified atom stereocenters. The molecule has 1 N–H and O–H groups in total. The van der Waals surface area contributed by atoms with Crippen LogP contribution < -0.4 is 5.32 Å². The van der Waals surface area contributed by atoms with E-state index in [0.29, 0.717) is 0 Å². The van der Waals surface area contributed by atoms with Crippen LogP contribution in [0.4, 0.5) is 0 Å². The van der Waals surface area contributed by atoms with Gasteiger partial charge in [-0.3, -0.25) is 9.59 Å². The maximum Gasteiger partial charge on any atom is 0.308 e. The van der Waals surface area contributed by atoms with E-state index in [0.717, 1.165) is 25.7 Å². The monoisotopic (exact) mass is 251 g/mol. The number of carbonyl (C=O) groups is 2. The molecule has 0 heterocycles. The molecule has 0 aromatic rings. The normalized spacial score (nSPS) is 17.6. The lowest BCUT2D eigenvalue weighted by Crippen LogP contribution is -2.39. The van der Waals surface area contributed by atoms with Gasteiger partial charge in [-0.1, -0.05) is 25.2 Å². The Kier molecular flexibility index (Phi) is 6.27. The van der Waals surface area contributed by atoms with E-state index in [9.17, 15) is 9.59 Å². The van der Waals surface area contributed by atoms with E-state index in [2.05, 4.69) is 11.2 Å². The van der Waals surface area contributed by atoms with Gasteiger partial charge in [0.2, 0.25) is 5.91 Å². The van der Waals surface area contributed by atoms with Gasteiger partial charge in [-0.2, -0.15) is 0 Å². The lowest BCUT2D eigenvalue weighted by molar-refractivity contribution is -0.142. The van der Waals surface area contributed by atoms with E-state index in [4.69, 9.17) is 11.2 Å². The molecule has 1 rings (SSSR count). The minimum absolute atomic E-state index is 0.0118. The Balaban J connectivity index is 2.26. The second kappa shape index (κ2) is 7.75. The number of terminal acetylenes is 1. The minimum Gasteiger partial charge on any atom is -0.452 e. The van der Waals surface area contributed by atoms with Gasteiger partial charge < -0.3 is 10.1 Å². The highest BCUT2D eigenvalue weighted by atomic mass is 16.5. The van der Waals surface area contributed by atoms with Crippen LogP contribution in [0, 0.1) is 18.3 Å². The Morgan fingerprint density at radius 2 is 2.06 bits per heavy atom. The van der Waals surface area contributed by atoms with E-state index in [1.54, 1.807) is 6.92 Å². The molecule has 0 bridgehead atoms. The summed E-state index contributed by atoms with van der Waals surface area (Å²) < 4.78 is 4.76. The van der Waals surface area contributed by atoms with E-state index >= 15 is 0 Å². The fraction of sp³-hybridized carbons (Fsp3) is 0.714. The van der Waals surface area contributed by atoms with Crippen molar-refractivity contribution in [3.8, 4) is 12.3 Å². The van der Waals surface area contributed by atoms with E-state index in [1.807, 2.05) is 0 Å². The van der Waals surface area contributed by atoms with Gasteiger partial charge in [0, 0.05) is 12.0 Å². The lowest BCUT2D eigenvalue weighted by Gasteiger charge is -2.22. The molecule has 0 radical (unpaired) electrons. The molecule has 4 heteroatoms. The van der Waals surface area contributed by atoms with Gasteiger partial charge in [-0.25, -0.2) is 0 Å². The van der Waals surface area contributed by atoms with Crippen LogP contribution in [0.15, 0.2) is 0 Å². The summed E-state index contributed by atoms with van der Waals surface area (Å²) in [6.07, 6.45) is 10.5. The largest absolute Gasteiger partial charge is 0.452 e. The van der Waals surface area contributed by atoms with Crippen molar-refractivity contribution in [3.05, 3.63) is 0 Å². The molecule has 1 saturated carbocycles. The summed E-state index contributed by atoms with van der Waals surface area (Å²) in [6.45, 7) is 1.79. The molecule has 0 aromatic carbocycles. The fourth-order valence-corrected chi connectivity index (χ4v) is 2.21. The number of esters is 1. The van der Waals surface area contributed by atoms with E-state index in [-0.39, 0.29) is 36.9 Å². The zero-order valence-electron chi connectivity index (χ0n) is 10.9. The van der Waals surface area contributed by atoms with Gasteiger partial charge in [0.1, 0.15) is 0 Å². The van der Waals surface area contributed by atoms with Crippen LogP contribution in [-0.4, -0.2) is 24.5 Å². The van der Waals surface area contributed by atoms with Crippen LogP contribution in [0.5, 0.6) is 0 Å². The number of ether oxygens (including phenoxy) is 1. The molecule has 1 fully saturated rings. The first-order valence-corrected chi connectivity index (χ1v) is 6.53. The zero-order chi connectivity index (χ0) is 13.4. The average Bonchev–Trinajstić information content (AvgIpc) is 2.37. The summed E-state index contributed by atoms with van der Waals surface area (Å²) in [5, 5.41) is 2.87. The fourth-order valence-electron chi connectivity index (χ4n) is 2.21. The Hall–Kier alpha value is -1.50. The molecule has 0 aromatic heterocycles. The number of hydrogen-bond acceptors (Lipinski definition) is 3. The quantitative estimate of drug-likeness (QED) is 0.597. The summed E-state index contributed by atoms with van der Waals surface area (Å²) in [4.78, 5) is 23.2. The molecular weight excluding hydrogens is 230 g/mol. The molecule has 100 valence electrons. The van der Waals surface area contributed by atoms with Crippen molar-refractivity contribution < 1.29 is 14.3 Å². The first kappa shape index (κ1) is 14.6. The highest BCUT2D eigenvalue weighted by Crippen LogP contribution is 2.23. The maximum atomic E-state index is 11.9. The van der Waals surface area contributed by atoms with Gasteiger partial charge in [-0.15, -0.1) is 6.42 Å². The molecule has 0 saturated heterocycles. The van der Waals surface area contributed by atoms with Gasteiger partial charge in [-0.05, 0) is 19.8 Å². The Morgan fingerprint density at radius 1 is 1.39 bits per heavy atom. The van der Waals surface area contributed by atoms with Crippen LogP contribution in [-0.2, 0) is 14.3 Å². The maximum absolute atomic E-state index is 11.9. The van der Waals surface area contributed by atoms with Gasteiger partial charge in [0.15, 0.2) is 6.61 Å². The van der Waals surface area contributed by atoms with Crippen LogP contribution in [0.1, 0.15) is 45.4 Å². The molecule has 18 heavy (non-hydrogen) atoms. The van der Waals surface area contributed by atoms with Gasteiger partial charge in [0.25, 0.3) is 0 Å². The third-order valence-electron chi connectivity index (χ3n) is 3.15. The molecule has 1 amide bonds. The van der Waals surface area contributed by atoms with Crippen molar-refractivity contribution in [1.82, 2.24) is 5.32 Å². The number of rotatable bonds is 5. The third-order valence-corrected chi connectivity index (χ3v) is 3.15. The molecular formula is C14H21NO3. The second-order valence-corrected chi connectivity index (χ2v) is 4.81. The van der Waals surface area contributed by atoms with Crippen LogP contribution in [0.3, 0.4) is 0 Å². The highest BCUT2D eigenvalue weighted by Gasteiger charge is 2.22. The molecule has 0 aliphatic heterocycles. The molecule has 4 nitrogen and oxygen atoms in total. The molecule has 1 atom stereocenters. The van der Waals surface area contributed by atoms with Crippen molar-refractivity contribution in [2.24, 2.45) is 5.92 Å². The summed E-state index contributed by atoms with van der Waals surface area (Å²) >= 11 is 0. The number of carbonyl (C=O) groups excluding carboxylic acids is 2. The van der Waals surface area contributed by atoms with Crippen LogP contribution in [0.25, 0.3) is 0 Å². The first-order chi connectivity index (χ1) is 8.63. The van der Waals surface area contributed by atoms with Crippen molar-refractivity contribution in [2.45, 2.75) is 51.5 Å². The van der Waals surface area contributed by atoms with Crippen molar-refractivity contribution >= 4 is 11.9 Å². The zero-order valence-corrected chi connectivity index (χ0v) is 10.9. The summed E-state index contributed by atoms with van der Waals surface area (Å²) in [7, 11) is 0. The summed E-state index contributed by atoms with van der Waals surface area (Å²) in [5.74, 6) is 2.04. The van der Waals surface area contributed by atoms with E-state index in [1.165, 1.54) is 6.42 Å². The van der Waals surface area contributed by atoms with Crippen molar-refractivity contribution in [3.63, 3.8) is 0 Å². The van der Waals surface area contributed by atoms with E-state index < -0.39 is 0 Å². The smallest absolute Gasteiger partial charge is 0.308 e. The highest BCUT2D eigenvalue weighted by molar-refractivity contribution is 5.80. The lowest BCUT2D eigenvalue weighted by atomic mass is 9.88. The third kappa shape index (κ3) is 5.22. The predicted octanol–water partition coefficient (Wildman–Crippen LogP) is 1.64. The van der Waals surface area contributed by atoms with Gasteiger partial charge in [0.05, 0.1) is 6.42 Å². The first-order valence-electron chi connectivity index (χ1n) is 6.53. The Bertz CT molecular complexity index is 326. The SMILES string of the molecule is C#CCOC(=O)CC(C)NC(=O)C1CCCCC1. The minimum atomic E-state index is -0.371.